The number of methoxy groups -OCH3 is 1. The van der Waals surface area contributed by atoms with Crippen molar-refractivity contribution in [3.05, 3.63) is 11.6 Å². The van der Waals surface area contributed by atoms with Crippen molar-refractivity contribution in [2.24, 2.45) is 46.3 Å². The molecule has 172 valence electrons. The average molecular weight is 417 g/mol. The fourth-order valence-corrected chi connectivity index (χ4v) is 8.84. The van der Waals surface area contributed by atoms with Gasteiger partial charge in [0.1, 0.15) is 0 Å². The third kappa shape index (κ3) is 3.72. The molecule has 0 saturated heterocycles. The van der Waals surface area contributed by atoms with Crippen LogP contribution in [0.15, 0.2) is 11.6 Å². The summed E-state index contributed by atoms with van der Waals surface area (Å²) in [4.78, 5) is 0. The van der Waals surface area contributed by atoms with Gasteiger partial charge < -0.3 is 9.84 Å². The van der Waals surface area contributed by atoms with Gasteiger partial charge in [0.2, 0.25) is 0 Å². The largest absolute Gasteiger partial charge is 0.389 e. The van der Waals surface area contributed by atoms with E-state index in [1.165, 1.54) is 63.4 Å². The summed E-state index contributed by atoms with van der Waals surface area (Å²) in [7, 11) is 1.85. The molecule has 0 spiro atoms. The molecule has 1 N–H and O–H groups in total. The van der Waals surface area contributed by atoms with Crippen molar-refractivity contribution in [3.8, 4) is 0 Å². The molecular formula is C28H48O2. The molecule has 0 aliphatic heterocycles. The number of hydrogen-bond donors (Lipinski definition) is 1. The minimum atomic E-state index is -0.242. The van der Waals surface area contributed by atoms with E-state index < -0.39 is 0 Å². The highest BCUT2D eigenvalue weighted by atomic mass is 16.5. The van der Waals surface area contributed by atoms with Gasteiger partial charge in [0.15, 0.2) is 0 Å². The predicted molar refractivity (Wildman–Crippen MR) is 125 cm³/mol. The van der Waals surface area contributed by atoms with E-state index in [1.54, 1.807) is 0 Å². The van der Waals surface area contributed by atoms with E-state index in [0.717, 1.165) is 24.2 Å². The van der Waals surface area contributed by atoms with Crippen LogP contribution in [0.3, 0.4) is 0 Å². The molecule has 0 bridgehead atoms. The second kappa shape index (κ2) is 8.54. The summed E-state index contributed by atoms with van der Waals surface area (Å²) in [6.45, 7) is 12.4. The number of rotatable bonds is 6. The Balaban J connectivity index is 1.53. The van der Waals surface area contributed by atoms with E-state index in [1.807, 2.05) is 7.11 Å². The number of ether oxygens (including phenoxy) is 1. The first-order valence-electron chi connectivity index (χ1n) is 13.1. The molecule has 0 radical (unpaired) electrons. The van der Waals surface area contributed by atoms with Gasteiger partial charge in [-0.3, -0.25) is 0 Å². The van der Waals surface area contributed by atoms with E-state index in [4.69, 9.17) is 4.74 Å². The Kier molecular flexibility index (Phi) is 6.50. The van der Waals surface area contributed by atoms with Crippen molar-refractivity contribution in [2.45, 2.75) is 111 Å². The van der Waals surface area contributed by atoms with Gasteiger partial charge in [-0.15, -0.1) is 0 Å². The third-order valence-corrected chi connectivity index (χ3v) is 10.6. The quantitative estimate of drug-likeness (QED) is 0.472. The van der Waals surface area contributed by atoms with E-state index in [0.29, 0.717) is 34.7 Å². The molecule has 0 amide bonds. The number of aliphatic hydroxyl groups excluding tert-OH is 1. The molecule has 2 nitrogen and oxygen atoms in total. The molecule has 0 aromatic rings. The Labute approximate surface area is 186 Å². The van der Waals surface area contributed by atoms with Gasteiger partial charge in [-0.2, -0.15) is 0 Å². The van der Waals surface area contributed by atoms with Crippen LogP contribution in [-0.4, -0.2) is 24.4 Å². The molecule has 3 saturated carbocycles. The molecule has 3 fully saturated rings. The van der Waals surface area contributed by atoms with Gasteiger partial charge in [-0.25, -0.2) is 0 Å². The van der Waals surface area contributed by atoms with Crippen LogP contribution < -0.4 is 0 Å². The van der Waals surface area contributed by atoms with Crippen molar-refractivity contribution >= 4 is 0 Å². The summed E-state index contributed by atoms with van der Waals surface area (Å²) in [6, 6.07) is 0. The zero-order chi connectivity index (χ0) is 21.7. The van der Waals surface area contributed by atoms with Gasteiger partial charge in [-0.1, -0.05) is 65.5 Å². The second-order valence-electron chi connectivity index (χ2n) is 12.5. The molecule has 9 unspecified atom stereocenters. The van der Waals surface area contributed by atoms with Crippen LogP contribution in [0.25, 0.3) is 0 Å². The summed E-state index contributed by atoms with van der Waals surface area (Å²) < 4.78 is 5.71. The molecule has 4 rings (SSSR count). The minimum absolute atomic E-state index is 0.242. The fraction of sp³-hybridized carbons (Fsp3) is 0.929. The van der Waals surface area contributed by atoms with Gasteiger partial charge in [0.25, 0.3) is 0 Å². The molecule has 30 heavy (non-hydrogen) atoms. The zero-order valence-electron chi connectivity index (χ0n) is 20.6. The summed E-state index contributed by atoms with van der Waals surface area (Å²) >= 11 is 0. The summed E-state index contributed by atoms with van der Waals surface area (Å²) in [5, 5.41) is 11.4. The van der Waals surface area contributed by atoms with E-state index >= 15 is 0 Å². The average Bonchev–Trinajstić information content (AvgIpc) is 3.05. The lowest BCUT2D eigenvalue weighted by Crippen LogP contribution is -2.55. The molecule has 4 aliphatic carbocycles. The summed E-state index contributed by atoms with van der Waals surface area (Å²) in [5.41, 5.74) is 2.24. The molecule has 4 aliphatic rings. The number of aliphatic hydroxyl groups is 1. The van der Waals surface area contributed by atoms with Crippen LogP contribution in [0.1, 0.15) is 98.8 Å². The maximum Gasteiger partial charge on any atom is 0.0757 e. The lowest BCUT2D eigenvalue weighted by Gasteiger charge is -2.59. The van der Waals surface area contributed by atoms with Crippen LogP contribution >= 0.6 is 0 Å². The smallest absolute Gasteiger partial charge is 0.0757 e. The van der Waals surface area contributed by atoms with Crippen LogP contribution in [0.4, 0.5) is 0 Å². The van der Waals surface area contributed by atoms with Crippen LogP contribution in [0, 0.1) is 46.3 Å². The van der Waals surface area contributed by atoms with E-state index in [2.05, 4.69) is 40.7 Å². The molecule has 9 atom stereocenters. The first kappa shape index (κ1) is 22.8. The molecule has 0 aromatic heterocycles. The van der Waals surface area contributed by atoms with Crippen molar-refractivity contribution in [3.63, 3.8) is 0 Å². The zero-order valence-corrected chi connectivity index (χ0v) is 20.6. The van der Waals surface area contributed by atoms with Gasteiger partial charge in [0, 0.05) is 7.11 Å². The van der Waals surface area contributed by atoms with E-state index in [-0.39, 0.29) is 6.10 Å². The molecular weight excluding hydrogens is 368 g/mol. The van der Waals surface area contributed by atoms with Crippen molar-refractivity contribution in [1.82, 2.24) is 0 Å². The van der Waals surface area contributed by atoms with Crippen LogP contribution in [-0.2, 0) is 4.74 Å². The maximum atomic E-state index is 11.4. The molecule has 0 heterocycles. The predicted octanol–water partition coefficient (Wildman–Crippen LogP) is 7.01. The first-order valence-corrected chi connectivity index (χ1v) is 13.1. The normalized spacial score (nSPS) is 46.7. The summed E-state index contributed by atoms with van der Waals surface area (Å²) in [6.07, 6.45) is 15.4. The van der Waals surface area contributed by atoms with Crippen molar-refractivity contribution < 1.29 is 9.84 Å². The highest BCUT2D eigenvalue weighted by Gasteiger charge is 2.61. The molecule has 2 heteroatoms. The number of fused-ring (bicyclic) bond motifs is 5. The monoisotopic (exact) mass is 416 g/mol. The SMILES string of the molecule is COC1CCC2(C)C(=CC(O)C3C2CCC2(C)C(C(C)CCCC(C)C)CCC32)C1. The first-order chi connectivity index (χ1) is 14.2. The maximum absolute atomic E-state index is 11.4. The lowest BCUT2D eigenvalue weighted by atomic mass is 9.46. The highest BCUT2D eigenvalue weighted by molar-refractivity contribution is 5.28. The van der Waals surface area contributed by atoms with Gasteiger partial charge in [0.05, 0.1) is 12.2 Å². The van der Waals surface area contributed by atoms with Crippen molar-refractivity contribution in [2.75, 3.05) is 7.11 Å². The minimum Gasteiger partial charge on any atom is -0.389 e. The fourth-order valence-electron chi connectivity index (χ4n) is 8.84. The topological polar surface area (TPSA) is 29.5 Å². The Morgan fingerprint density at radius 3 is 2.50 bits per heavy atom. The lowest BCUT2D eigenvalue weighted by molar-refractivity contribution is -0.0986. The molecule has 0 aromatic carbocycles. The standard InChI is InChI=1S/C28H48O2/c1-18(2)8-7-9-19(3)22-10-11-23-26-24(13-15-28(22,23)5)27(4)14-12-21(30-6)16-20(27)17-25(26)29/h17-19,21-26,29H,7-16H2,1-6H3. The van der Waals surface area contributed by atoms with E-state index in [9.17, 15) is 5.11 Å². The Morgan fingerprint density at radius 2 is 1.80 bits per heavy atom. The second-order valence-corrected chi connectivity index (χ2v) is 12.5. The Morgan fingerprint density at radius 1 is 1.03 bits per heavy atom. The van der Waals surface area contributed by atoms with Crippen LogP contribution in [0.5, 0.6) is 0 Å². The summed E-state index contributed by atoms with van der Waals surface area (Å²) in [5.74, 6) is 4.35. The number of hydrogen-bond acceptors (Lipinski definition) is 2. The third-order valence-electron chi connectivity index (χ3n) is 10.6. The van der Waals surface area contributed by atoms with Crippen molar-refractivity contribution in [1.29, 1.82) is 0 Å². The van der Waals surface area contributed by atoms with Gasteiger partial charge in [-0.05, 0) is 91.3 Å². The van der Waals surface area contributed by atoms with Gasteiger partial charge >= 0.3 is 0 Å². The Bertz CT molecular complexity index is 639. The highest BCUT2D eigenvalue weighted by Crippen LogP contribution is 2.67. The van der Waals surface area contributed by atoms with Crippen LogP contribution in [0.2, 0.25) is 0 Å². The Hall–Kier alpha value is -0.340.